The molecule has 2 aromatic rings. The molecule has 0 radical (unpaired) electrons. The summed E-state index contributed by atoms with van der Waals surface area (Å²) in [5.74, 6) is 0.0644. The summed E-state index contributed by atoms with van der Waals surface area (Å²) < 4.78 is 34.7. The summed E-state index contributed by atoms with van der Waals surface area (Å²) in [6.07, 6.45) is 5.77. The van der Waals surface area contributed by atoms with Crippen LogP contribution >= 0.6 is 0 Å². The van der Waals surface area contributed by atoms with E-state index in [0.717, 1.165) is 55.9 Å². The van der Waals surface area contributed by atoms with E-state index in [-0.39, 0.29) is 35.7 Å². The Hall–Kier alpha value is -2.21. The van der Waals surface area contributed by atoms with Crippen LogP contribution in [-0.2, 0) is 4.79 Å². The van der Waals surface area contributed by atoms with Crippen LogP contribution in [0.25, 0.3) is 10.8 Å². The summed E-state index contributed by atoms with van der Waals surface area (Å²) >= 11 is 0. The molecular formula is C29H37F2NO3. The van der Waals surface area contributed by atoms with Crippen LogP contribution in [0.15, 0.2) is 30.3 Å². The number of benzene rings is 2. The van der Waals surface area contributed by atoms with Crippen LogP contribution in [0.1, 0.15) is 95.2 Å². The molecule has 0 aromatic heterocycles. The van der Waals surface area contributed by atoms with E-state index in [1.165, 1.54) is 0 Å². The lowest BCUT2D eigenvalue weighted by Crippen LogP contribution is -2.46. The van der Waals surface area contributed by atoms with Crippen molar-refractivity contribution < 1.29 is 23.4 Å². The SMILES string of the molecule is CCC(c1ccc2c(C(F)F)c(O[C@H]3CC[C@@H](C)CC3)ccc2c1)N1C2CCC1CC(C(=O)O)C2. The van der Waals surface area contributed by atoms with Gasteiger partial charge in [0.05, 0.1) is 17.6 Å². The lowest BCUT2D eigenvalue weighted by molar-refractivity contribution is -0.144. The number of piperidine rings is 1. The van der Waals surface area contributed by atoms with Gasteiger partial charge in [-0.15, -0.1) is 0 Å². The van der Waals surface area contributed by atoms with Crippen LogP contribution in [-0.4, -0.2) is 34.2 Å². The average Bonchev–Trinajstić information content (AvgIpc) is 3.08. The monoisotopic (exact) mass is 485 g/mol. The van der Waals surface area contributed by atoms with E-state index >= 15 is 0 Å². The first-order chi connectivity index (χ1) is 16.9. The maximum Gasteiger partial charge on any atom is 0.306 e. The summed E-state index contributed by atoms with van der Waals surface area (Å²) in [6, 6.07) is 10.3. The van der Waals surface area contributed by atoms with Crippen molar-refractivity contribution in [2.24, 2.45) is 11.8 Å². The van der Waals surface area contributed by atoms with Crippen molar-refractivity contribution in [1.29, 1.82) is 0 Å². The van der Waals surface area contributed by atoms with Crippen molar-refractivity contribution in [1.82, 2.24) is 4.90 Å². The molecule has 2 saturated heterocycles. The number of hydrogen-bond acceptors (Lipinski definition) is 3. The van der Waals surface area contributed by atoms with E-state index in [9.17, 15) is 18.7 Å². The van der Waals surface area contributed by atoms with Gasteiger partial charge in [0, 0.05) is 18.1 Å². The Morgan fingerprint density at radius 2 is 1.74 bits per heavy atom. The fourth-order valence-corrected chi connectivity index (χ4v) is 6.96. The Kier molecular flexibility index (Phi) is 7.02. The number of carbonyl (C=O) groups is 1. The Morgan fingerprint density at radius 3 is 2.34 bits per heavy atom. The van der Waals surface area contributed by atoms with Gasteiger partial charge in [0.15, 0.2) is 0 Å². The second kappa shape index (κ2) is 10.0. The Balaban J connectivity index is 1.42. The van der Waals surface area contributed by atoms with Crippen LogP contribution in [0.4, 0.5) is 8.78 Å². The topological polar surface area (TPSA) is 49.8 Å². The van der Waals surface area contributed by atoms with E-state index in [0.29, 0.717) is 29.9 Å². The lowest BCUT2D eigenvalue weighted by atomic mass is 9.87. The third-order valence-corrected chi connectivity index (χ3v) is 8.79. The predicted molar refractivity (Wildman–Crippen MR) is 133 cm³/mol. The van der Waals surface area contributed by atoms with Gasteiger partial charge in [-0.05, 0) is 92.2 Å². The highest BCUT2D eigenvalue weighted by atomic mass is 19.3. The minimum Gasteiger partial charge on any atom is -0.490 e. The highest BCUT2D eigenvalue weighted by Gasteiger charge is 2.45. The number of carboxylic acids is 1. The fraction of sp³-hybridized carbons (Fsp3) is 0.621. The number of carboxylic acid groups (broad SMARTS) is 1. The molecule has 6 heteroatoms. The van der Waals surface area contributed by atoms with E-state index in [2.05, 4.69) is 24.8 Å². The molecule has 5 rings (SSSR count). The first kappa shape index (κ1) is 24.5. The lowest BCUT2D eigenvalue weighted by Gasteiger charge is -2.42. The first-order valence-corrected chi connectivity index (χ1v) is 13.4. The molecule has 4 nitrogen and oxygen atoms in total. The third kappa shape index (κ3) is 4.78. The molecule has 3 unspecified atom stereocenters. The summed E-state index contributed by atoms with van der Waals surface area (Å²) in [6.45, 7) is 4.39. The molecule has 2 heterocycles. The largest absolute Gasteiger partial charge is 0.490 e. The van der Waals surface area contributed by atoms with Gasteiger partial charge >= 0.3 is 5.97 Å². The van der Waals surface area contributed by atoms with Crippen molar-refractivity contribution in [2.75, 3.05) is 0 Å². The number of alkyl halides is 2. The van der Waals surface area contributed by atoms with Crippen LogP contribution < -0.4 is 4.74 Å². The molecule has 2 bridgehead atoms. The molecule has 3 fully saturated rings. The fourth-order valence-electron chi connectivity index (χ4n) is 6.96. The quantitative estimate of drug-likeness (QED) is 0.441. The second-order valence-corrected chi connectivity index (χ2v) is 11.0. The summed E-state index contributed by atoms with van der Waals surface area (Å²) in [4.78, 5) is 14.1. The highest BCUT2D eigenvalue weighted by Crippen LogP contribution is 2.46. The summed E-state index contributed by atoms with van der Waals surface area (Å²) in [7, 11) is 0. The molecule has 0 amide bonds. The Labute approximate surface area is 206 Å². The van der Waals surface area contributed by atoms with E-state index in [1.807, 2.05) is 18.2 Å². The Bertz CT molecular complexity index is 1050. The van der Waals surface area contributed by atoms with Gasteiger partial charge in [0.2, 0.25) is 0 Å². The first-order valence-electron chi connectivity index (χ1n) is 13.4. The van der Waals surface area contributed by atoms with Crippen LogP contribution in [0, 0.1) is 11.8 Å². The molecule has 1 saturated carbocycles. The zero-order valence-electron chi connectivity index (χ0n) is 20.8. The highest BCUT2D eigenvalue weighted by molar-refractivity contribution is 5.88. The summed E-state index contributed by atoms with van der Waals surface area (Å²) in [5, 5.41) is 10.9. The van der Waals surface area contributed by atoms with Crippen molar-refractivity contribution in [2.45, 2.75) is 102 Å². The molecule has 0 spiro atoms. The minimum absolute atomic E-state index is 0.00284. The minimum atomic E-state index is -2.60. The van der Waals surface area contributed by atoms with Crippen molar-refractivity contribution in [3.8, 4) is 5.75 Å². The molecule has 2 aliphatic heterocycles. The van der Waals surface area contributed by atoms with Crippen LogP contribution in [0.3, 0.4) is 0 Å². The zero-order chi connectivity index (χ0) is 24.7. The molecule has 3 atom stereocenters. The summed E-state index contributed by atoms with van der Waals surface area (Å²) in [5.41, 5.74) is 1.13. The number of ether oxygens (including phenoxy) is 1. The van der Waals surface area contributed by atoms with Crippen LogP contribution in [0.5, 0.6) is 5.75 Å². The normalized spacial score (nSPS) is 30.0. The number of rotatable bonds is 7. The Morgan fingerprint density at radius 1 is 1.06 bits per heavy atom. The maximum absolute atomic E-state index is 14.3. The van der Waals surface area contributed by atoms with Gasteiger partial charge < -0.3 is 9.84 Å². The van der Waals surface area contributed by atoms with Gasteiger partial charge in [-0.1, -0.05) is 32.0 Å². The van der Waals surface area contributed by atoms with Gasteiger partial charge in [0.1, 0.15) is 5.75 Å². The maximum atomic E-state index is 14.3. The van der Waals surface area contributed by atoms with Gasteiger partial charge in [-0.2, -0.15) is 0 Å². The molecular weight excluding hydrogens is 448 g/mol. The molecule has 35 heavy (non-hydrogen) atoms. The third-order valence-electron chi connectivity index (χ3n) is 8.79. The van der Waals surface area contributed by atoms with E-state index < -0.39 is 12.4 Å². The van der Waals surface area contributed by atoms with Gasteiger partial charge in [0.25, 0.3) is 6.43 Å². The molecule has 190 valence electrons. The standard InChI is InChI=1S/C29H37F2NO3/c1-3-25(32-21-8-9-22(32)16-20(15-21)29(33)34)19-6-12-24-18(14-19)7-13-26(27(24)28(30)31)35-23-10-4-17(2)5-11-23/h6-7,12-14,17,20-23,25,28H,3-5,8-11,15-16H2,1-2H3,(H,33,34)/t17-,20?,21?,22?,23+,25?. The molecule has 1 N–H and O–H groups in total. The average molecular weight is 486 g/mol. The smallest absolute Gasteiger partial charge is 0.306 e. The molecule has 3 aliphatic rings. The van der Waals surface area contributed by atoms with E-state index in [4.69, 9.17) is 4.74 Å². The number of fused-ring (bicyclic) bond motifs is 3. The molecule has 1 aliphatic carbocycles. The number of aliphatic carboxylic acids is 1. The van der Waals surface area contributed by atoms with Crippen molar-refractivity contribution >= 4 is 16.7 Å². The van der Waals surface area contributed by atoms with Crippen molar-refractivity contribution in [3.63, 3.8) is 0 Å². The zero-order valence-corrected chi connectivity index (χ0v) is 20.8. The predicted octanol–water partition coefficient (Wildman–Crippen LogP) is 7.51. The van der Waals surface area contributed by atoms with Gasteiger partial charge in [-0.25, -0.2) is 8.78 Å². The second-order valence-electron chi connectivity index (χ2n) is 11.0. The number of nitrogens with zero attached hydrogens (tertiary/aromatic N) is 1. The van der Waals surface area contributed by atoms with Gasteiger partial charge in [-0.3, -0.25) is 9.69 Å². The van der Waals surface area contributed by atoms with E-state index in [1.54, 1.807) is 6.07 Å². The number of halogens is 2. The number of hydrogen-bond donors (Lipinski definition) is 1. The molecule has 2 aromatic carbocycles. The van der Waals surface area contributed by atoms with Crippen LogP contribution in [0.2, 0.25) is 0 Å². The van der Waals surface area contributed by atoms with Crippen molar-refractivity contribution in [3.05, 3.63) is 41.5 Å².